The first kappa shape index (κ1) is 20.1. The number of halogens is 9. The summed E-state index contributed by atoms with van der Waals surface area (Å²) < 4.78 is 4.79. The average Bonchev–Trinajstić information content (AvgIpc) is 2.59. The molecule has 0 aliphatic rings. The number of phenolic OH excluding ortho intramolecular Hbond substituents is 1. The predicted octanol–water partition coefficient (Wildman–Crippen LogP) is 9.46. The third-order valence-corrected chi connectivity index (χ3v) is 7.17. The van der Waals surface area contributed by atoms with E-state index in [0.717, 1.165) is 0 Å². The second-order valence-corrected chi connectivity index (χ2v) is 7.94. The normalized spacial score (nSPS) is 11.6. The number of hydrogen-bond donors (Lipinski definition) is 1. The van der Waals surface area contributed by atoms with E-state index in [2.05, 4.69) is 0 Å². The minimum atomic E-state index is -0.421. The second kappa shape index (κ2) is 7.09. The van der Waals surface area contributed by atoms with Gasteiger partial charge in [0.1, 0.15) is 27.7 Å². The zero-order valence-electron chi connectivity index (χ0n) is 11.3. The van der Waals surface area contributed by atoms with Crippen LogP contribution in [0.1, 0.15) is 0 Å². The maximum atomic E-state index is 10.4. The molecule has 0 unspecified atom stereocenters. The van der Waals surface area contributed by atoms with Gasteiger partial charge in [0, 0.05) is 16.2 Å². The van der Waals surface area contributed by atoms with E-state index < -0.39 is 5.75 Å². The quantitative estimate of drug-likeness (QED) is 0.256. The van der Waals surface area contributed by atoms with Crippen LogP contribution in [-0.2, 0) is 0 Å². The van der Waals surface area contributed by atoms with Crippen molar-refractivity contribution in [1.29, 1.82) is 0 Å². The van der Waals surface area contributed by atoms with Crippen LogP contribution in [0.15, 0.2) is 0 Å². The van der Waals surface area contributed by atoms with E-state index in [0.29, 0.717) is 0 Å². The molecule has 0 heterocycles. The third kappa shape index (κ3) is 2.77. The first-order chi connectivity index (χ1) is 11.6. The fraction of sp³-hybridized carbons (Fsp3) is 0. The number of hydrogen-bond acceptors (Lipinski definition) is 2. The van der Waals surface area contributed by atoms with E-state index in [1.54, 1.807) is 0 Å². The Labute approximate surface area is 186 Å². The summed E-state index contributed by atoms with van der Waals surface area (Å²) in [5.41, 5.74) is 0. The molecule has 0 spiro atoms. The summed E-state index contributed by atoms with van der Waals surface area (Å²) in [4.78, 5) is 0. The first-order valence-corrected chi connectivity index (χ1v) is 9.43. The van der Waals surface area contributed by atoms with Crippen LogP contribution in [0.25, 0.3) is 21.5 Å². The standard InChI is InChI=1S/C14HCl9O2/c15-5-1-2-4(14(25-23)12(22)10(20)6(2)16)8(18)7(17)3(1)13(24)11(21)9(5)19/h24H. The summed E-state index contributed by atoms with van der Waals surface area (Å²) >= 11 is 55.2. The predicted molar refractivity (Wildman–Crippen MR) is 110 cm³/mol. The van der Waals surface area contributed by atoms with Gasteiger partial charge >= 0.3 is 0 Å². The van der Waals surface area contributed by atoms with E-state index in [4.69, 9.17) is 109 Å². The van der Waals surface area contributed by atoms with E-state index >= 15 is 0 Å². The molecule has 0 bridgehead atoms. The van der Waals surface area contributed by atoms with Gasteiger partial charge in [0.05, 0.1) is 35.5 Å². The van der Waals surface area contributed by atoms with Crippen molar-refractivity contribution < 1.29 is 9.40 Å². The smallest absolute Gasteiger partial charge is 0.175 e. The largest absolute Gasteiger partial charge is 0.506 e. The highest BCUT2D eigenvalue weighted by Crippen LogP contribution is 2.57. The molecule has 0 aromatic heterocycles. The molecule has 0 amide bonds. The van der Waals surface area contributed by atoms with Crippen molar-refractivity contribution in [2.45, 2.75) is 0 Å². The number of aromatic hydroxyl groups is 1. The van der Waals surface area contributed by atoms with Crippen LogP contribution in [0.5, 0.6) is 11.5 Å². The molecule has 0 saturated carbocycles. The van der Waals surface area contributed by atoms with Gasteiger partial charge < -0.3 is 9.40 Å². The monoisotopic (exact) mass is 516 g/mol. The highest BCUT2D eigenvalue weighted by atomic mass is 35.5. The lowest BCUT2D eigenvalue weighted by Gasteiger charge is -2.18. The molecule has 3 aromatic carbocycles. The van der Waals surface area contributed by atoms with Gasteiger partial charge in [-0.1, -0.05) is 92.8 Å². The van der Waals surface area contributed by atoms with Crippen LogP contribution in [-0.4, -0.2) is 5.11 Å². The molecular weight excluding hydrogens is 519 g/mol. The SMILES string of the molecule is Oc1c(Cl)c(Cl)c(Cl)c2c1c(Cl)c(Cl)c1c(OCl)c(Cl)c(Cl)c(Cl)c12. The number of phenols is 1. The Balaban J connectivity index is 2.86. The lowest BCUT2D eigenvalue weighted by molar-refractivity contribution is 0.482. The van der Waals surface area contributed by atoms with Gasteiger partial charge in [-0.3, -0.25) is 0 Å². The van der Waals surface area contributed by atoms with E-state index in [9.17, 15) is 5.11 Å². The van der Waals surface area contributed by atoms with Crippen molar-refractivity contribution >= 4 is 126 Å². The molecule has 11 heteroatoms. The lowest BCUT2D eigenvalue weighted by atomic mass is 10.00. The molecule has 3 aromatic rings. The molecule has 0 atom stereocenters. The van der Waals surface area contributed by atoms with Gasteiger partial charge in [0.2, 0.25) is 0 Å². The Hall–Kier alpha value is 0.390. The van der Waals surface area contributed by atoms with Crippen molar-refractivity contribution in [3.05, 3.63) is 40.2 Å². The summed E-state index contributed by atoms with van der Waals surface area (Å²) in [6, 6.07) is 0. The molecule has 25 heavy (non-hydrogen) atoms. The van der Waals surface area contributed by atoms with Crippen LogP contribution in [0.3, 0.4) is 0 Å². The van der Waals surface area contributed by atoms with Crippen LogP contribution in [0.4, 0.5) is 0 Å². The Morgan fingerprint density at radius 2 is 0.880 bits per heavy atom. The van der Waals surface area contributed by atoms with Gasteiger partial charge in [-0.25, -0.2) is 0 Å². The lowest BCUT2D eigenvalue weighted by Crippen LogP contribution is -1.92. The van der Waals surface area contributed by atoms with E-state index in [1.807, 2.05) is 0 Å². The number of rotatable bonds is 1. The Morgan fingerprint density at radius 1 is 0.480 bits per heavy atom. The summed E-state index contributed by atoms with van der Waals surface area (Å²) in [5, 5.41) is 10.3. The van der Waals surface area contributed by atoms with Crippen LogP contribution in [0.2, 0.25) is 40.2 Å². The van der Waals surface area contributed by atoms with Crippen molar-refractivity contribution in [2.24, 2.45) is 0 Å². The molecular formula is C14HCl9O2. The molecule has 0 saturated heterocycles. The summed E-state index contributed by atoms with van der Waals surface area (Å²) in [6.45, 7) is 0. The zero-order valence-corrected chi connectivity index (χ0v) is 18.1. The van der Waals surface area contributed by atoms with E-state index in [-0.39, 0.29) is 67.5 Å². The van der Waals surface area contributed by atoms with Gasteiger partial charge in [0.15, 0.2) is 5.75 Å². The molecule has 1 N–H and O–H groups in total. The van der Waals surface area contributed by atoms with Crippen molar-refractivity contribution in [2.75, 3.05) is 0 Å². The van der Waals surface area contributed by atoms with Crippen LogP contribution >= 0.6 is 105 Å². The fourth-order valence-electron chi connectivity index (χ4n) is 2.47. The highest BCUT2D eigenvalue weighted by Gasteiger charge is 2.28. The highest BCUT2D eigenvalue weighted by molar-refractivity contribution is 6.59. The third-order valence-electron chi connectivity index (χ3n) is 3.54. The van der Waals surface area contributed by atoms with Gasteiger partial charge in [-0.05, 0) is 0 Å². The number of benzene rings is 3. The van der Waals surface area contributed by atoms with Crippen molar-refractivity contribution in [1.82, 2.24) is 0 Å². The molecule has 2 nitrogen and oxygen atoms in total. The Morgan fingerprint density at radius 3 is 1.40 bits per heavy atom. The topological polar surface area (TPSA) is 29.5 Å². The fourth-order valence-corrected chi connectivity index (χ4v) is 4.66. The molecule has 3 rings (SSSR count). The molecule has 0 aliphatic heterocycles. The summed E-state index contributed by atoms with van der Waals surface area (Å²) in [7, 11) is 0. The summed E-state index contributed by atoms with van der Waals surface area (Å²) in [5.74, 6) is -0.501. The van der Waals surface area contributed by atoms with Crippen molar-refractivity contribution in [3.8, 4) is 11.5 Å². The zero-order chi connectivity index (χ0) is 18.8. The Kier molecular flexibility index (Phi) is 5.71. The first-order valence-electron chi connectivity index (χ1n) is 6.09. The van der Waals surface area contributed by atoms with Gasteiger partial charge in [-0.2, -0.15) is 0 Å². The maximum Gasteiger partial charge on any atom is 0.175 e. The maximum absolute atomic E-state index is 10.4. The molecule has 132 valence electrons. The minimum Gasteiger partial charge on any atom is -0.506 e. The van der Waals surface area contributed by atoms with Crippen LogP contribution in [0, 0.1) is 0 Å². The minimum absolute atomic E-state index is 0.0117. The van der Waals surface area contributed by atoms with Crippen molar-refractivity contribution in [3.63, 3.8) is 0 Å². The molecule has 0 fully saturated rings. The molecule has 0 radical (unpaired) electrons. The average molecular weight is 520 g/mol. The molecule has 0 aliphatic carbocycles. The van der Waals surface area contributed by atoms with Crippen LogP contribution < -0.4 is 4.29 Å². The summed E-state index contributed by atoms with van der Waals surface area (Å²) in [6.07, 6.45) is 0. The van der Waals surface area contributed by atoms with Gasteiger partial charge in [0.25, 0.3) is 0 Å². The van der Waals surface area contributed by atoms with Gasteiger partial charge in [-0.15, -0.1) is 0 Å². The number of fused-ring (bicyclic) bond motifs is 3. The van der Waals surface area contributed by atoms with E-state index in [1.165, 1.54) is 0 Å². The Bertz CT molecular complexity index is 1080. The second-order valence-electron chi connectivity index (χ2n) is 4.77.